The quantitative estimate of drug-likeness (QED) is 0.788. The molecular weight excluding hydrogens is 274 g/mol. The van der Waals surface area contributed by atoms with Gasteiger partial charge in [-0.15, -0.1) is 0 Å². The van der Waals surface area contributed by atoms with E-state index in [0.717, 1.165) is 31.4 Å². The van der Waals surface area contributed by atoms with Gasteiger partial charge in [0.1, 0.15) is 11.5 Å². The van der Waals surface area contributed by atoms with Crippen molar-refractivity contribution in [3.8, 4) is 0 Å². The van der Waals surface area contributed by atoms with E-state index in [4.69, 9.17) is 11.6 Å². The van der Waals surface area contributed by atoms with E-state index in [2.05, 4.69) is 9.97 Å². The van der Waals surface area contributed by atoms with Crippen molar-refractivity contribution < 1.29 is 8.42 Å². The van der Waals surface area contributed by atoms with Crippen molar-refractivity contribution in [1.29, 1.82) is 0 Å². The molecule has 0 radical (unpaired) electrons. The van der Waals surface area contributed by atoms with Crippen LogP contribution in [0.1, 0.15) is 25.0 Å². The molecule has 0 bridgehead atoms. The molecule has 1 atom stereocenters. The summed E-state index contributed by atoms with van der Waals surface area (Å²) >= 11 is 5.78. The first-order valence-electron chi connectivity index (χ1n) is 5.90. The van der Waals surface area contributed by atoms with Gasteiger partial charge in [-0.3, -0.25) is 0 Å². The van der Waals surface area contributed by atoms with Crippen molar-refractivity contribution in [2.45, 2.75) is 31.7 Å². The molecule has 100 valence electrons. The fraction of sp³-hybridized carbons (Fsp3) is 0.636. The predicted octanol–water partition coefficient (Wildman–Crippen LogP) is 1.49. The number of aromatic nitrogens is 2. The predicted molar refractivity (Wildman–Crippen MR) is 69.9 cm³/mol. The molecule has 0 unspecified atom stereocenters. The third kappa shape index (κ3) is 3.40. The fourth-order valence-corrected chi connectivity index (χ4v) is 3.74. The number of rotatable bonds is 4. The van der Waals surface area contributed by atoms with Crippen LogP contribution in [0.2, 0.25) is 5.15 Å². The molecule has 0 aliphatic carbocycles. The standard InChI is InChI=1S/C11H16ClN3O2S/c1-18(16,17)15-6-2-3-10(15)5-4-9-7-11(12)14-8-13-9/h7-8,10H,2-6H2,1H3/t10-/m0/s1. The molecule has 0 saturated carbocycles. The highest BCUT2D eigenvalue weighted by atomic mass is 35.5. The second kappa shape index (κ2) is 5.50. The van der Waals surface area contributed by atoms with Crippen LogP contribution >= 0.6 is 11.6 Å². The van der Waals surface area contributed by atoms with E-state index in [1.807, 2.05) is 0 Å². The van der Waals surface area contributed by atoms with Crippen LogP contribution in [0.25, 0.3) is 0 Å². The van der Waals surface area contributed by atoms with Crippen LogP contribution in [0.15, 0.2) is 12.4 Å². The summed E-state index contributed by atoms with van der Waals surface area (Å²) in [7, 11) is -3.09. The Morgan fingerprint density at radius 3 is 2.94 bits per heavy atom. The number of aryl methyl sites for hydroxylation is 1. The average molecular weight is 290 g/mol. The van der Waals surface area contributed by atoms with Crippen LogP contribution in [0.4, 0.5) is 0 Å². The first-order valence-corrected chi connectivity index (χ1v) is 8.12. The van der Waals surface area contributed by atoms with Crippen molar-refractivity contribution in [2.75, 3.05) is 12.8 Å². The largest absolute Gasteiger partial charge is 0.241 e. The number of halogens is 1. The lowest BCUT2D eigenvalue weighted by molar-refractivity contribution is 0.372. The maximum Gasteiger partial charge on any atom is 0.211 e. The summed E-state index contributed by atoms with van der Waals surface area (Å²) in [4.78, 5) is 7.95. The number of sulfonamides is 1. The van der Waals surface area contributed by atoms with Gasteiger partial charge < -0.3 is 0 Å². The minimum absolute atomic E-state index is 0.0914. The molecule has 2 heterocycles. The first kappa shape index (κ1) is 13.7. The van der Waals surface area contributed by atoms with Gasteiger partial charge in [0.15, 0.2) is 0 Å². The molecule has 7 heteroatoms. The van der Waals surface area contributed by atoms with E-state index in [1.54, 1.807) is 10.4 Å². The zero-order valence-corrected chi connectivity index (χ0v) is 11.8. The van der Waals surface area contributed by atoms with E-state index in [9.17, 15) is 8.42 Å². The molecule has 1 aliphatic heterocycles. The number of hydrogen-bond donors (Lipinski definition) is 0. The SMILES string of the molecule is CS(=O)(=O)N1CCC[C@H]1CCc1cc(Cl)ncn1. The van der Waals surface area contributed by atoms with Gasteiger partial charge in [0.2, 0.25) is 10.0 Å². The van der Waals surface area contributed by atoms with Gasteiger partial charge >= 0.3 is 0 Å². The zero-order valence-electron chi connectivity index (χ0n) is 10.2. The molecule has 1 aliphatic rings. The summed E-state index contributed by atoms with van der Waals surface area (Å²) in [5.74, 6) is 0. The Hall–Kier alpha value is -0.720. The Bertz CT molecular complexity index is 521. The third-order valence-corrected chi connectivity index (χ3v) is 4.71. The van der Waals surface area contributed by atoms with Crippen molar-refractivity contribution in [3.63, 3.8) is 0 Å². The van der Waals surface area contributed by atoms with E-state index in [-0.39, 0.29) is 6.04 Å². The molecule has 2 rings (SSSR count). The highest BCUT2D eigenvalue weighted by Gasteiger charge is 2.30. The molecular formula is C11H16ClN3O2S. The molecule has 0 N–H and O–H groups in total. The van der Waals surface area contributed by atoms with Crippen LogP contribution in [0, 0.1) is 0 Å². The molecule has 0 amide bonds. The van der Waals surface area contributed by atoms with Gasteiger partial charge in [0.25, 0.3) is 0 Å². The molecule has 1 aromatic heterocycles. The molecule has 5 nitrogen and oxygen atoms in total. The van der Waals surface area contributed by atoms with E-state index < -0.39 is 10.0 Å². The zero-order chi connectivity index (χ0) is 13.2. The van der Waals surface area contributed by atoms with Crippen molar-refractivity contribution in [3.05, 3.63) is 23.2 Å². The molecule has 1 aromatic rings. The number of hydrogen-bond acceptors (Lipinski definition) is 4. The Morgan fingerprint density at radius 1 is 1.50 bits per heavy atom. The Kier molecular flexibility index (Phi) is 4.19. The van der Waals surface area contributed by atoms with Gasteiger partial charge in [-0.1, -0.05) is 11.6 Å². The fourth-order valence-electron chi connectivity index (χ4n) is 2.36. The highest BCUT2D eigenvalue weighted by Crippen LogP contribution is 2.24. The highest BCUT2D eigenvalue weighted by molar-refractivity contribution is 7.88. The van der Waals surface area contributed by atoms with Gasteiger partial charge in [-0.25, -0.2) is 18.4 Å². The summed E-state index contributed by atoms with van der Waals surface area (Å²) in [6.07, 6.45) is 6.06. The topological polar surface area (TPSA) is 63.2 Å². The van der Waals surface area contributed by atoms with Crippen LogP contribution in [0.5, 0.6) is 0 Å². The van der Waals surface area contributed by atoms with Crippen molar-refractivity contribution in [2.24, 2.45) is 0 Å². The van der Waals surface area contributed by atoms with Gasteiger partial charge in [-0.05, 0) is 31.7 Å². The van der Waals surface area contributed by atoms with Gasteiger partial charge in [0.05, 0.1) is 6.26 Å². The molecule has 1 saturated heterocycles. The Labute approximate surface area is 112 Å². The van der Waals surface area contributed by atoms with E-state index in [0.29, 0.717) is 11.7 Å². The normalized spacial score (nSPS) is 21.3. The Morgan fingerprint density at radius 2 is 2.28 bits per heavy atom. The lowest BCUT2D eigenvalue weighted by Gasteiger charge is -2.21. The Balaban J connectivity index is 1.98. The lowest BCUT2D eigenvalue weighted by Crippen LogP contribution is -2.34. The van der Waals surface area contributed by atoms with Gasteiger partial charge in [-0.2, -0.15) is 4.31 Å². The van der Waals surface area contributed by atoms with Crippen LogP contribution in [0.3, 0.4) is 0 Å². The maximum atomic E-state index is 11.6. The monoisotopic (exact) mass is 289 g/mol. The summed E-state index contributed by atoms with van der Waals surface area (Å²) < 4.78 is 24.8. The summed E-state index contributed by atoms with van der Waals surface area (Å²) in [6.45, 7) is 0.633. The maximum absolute atomic E-state index is 11.6. The molecule has 18 heavy (non-hydrogen) atoms. The second-order valence-corrected chi connectivity index (χ2v) is 6.86. The van der Waals surface area contributed by atoms with E-state index in [1.165, 1.54) is 12.6 Å². The van der Waals surface area contributed by atoms with Crippen molar-refractivity contribution >= 4 is 21.6 Å². The van der Waals surface area contributed by atoms with Gasteiger partial charge in [0, 0.05) is 18.3 Å². The summed E-state index contributed by atoms with van der Waals surface area (Å²) in [5, 5.41) is 0.423. The smallest absolute Gasteiger partial charge is 0.211 e. The first-order chi connectivity index (χ1) is 8.47. The summed E-state index contributed by atoms with van der Waals surface area (Å²) in [5.41, 5.74) is 0.857. The van der Waals surface area contributed by atoms with Crippen LogP contribution < -0.4 is 0 Å². The van der Waals surface area contributed by atoms with E-state index >= 15 is 0 Å². The minimum atomic E-state index is -3.09. The molecule has 0 spiro atoms. The average Bonchev–Trinajstić information content (AvgIpc) is 2.74. The lowest BCUT2D eigenvalue weighted by atomic mass is 10.1. The molecule has 1 fully saturated rings. The minimum Gasteiger partial charge on any atom is -0.241 e. The molecule has 0 aromatic carbocycles. The van der Waals surface area contributed by atoms with Crippen LogP contribution in [-0.2, 0) is 16.4 Å². The third-order valence-electron chi connectivity index (χ3n) is 3.17. The second-order valence-electron chi connectivity index (χ2n) is 4.54. The van der Waals surface area contributed by atoms with Crippen LogP contribution in [-0.4, -0.2) is 41.5 Å². The van der Waals surface area contributed by atoms with Crippen molar-refractivity contribution in [1.82, 2.24) is 14.3 Å². The summed E-state index contributed by atoms with van der Waals surface area (Å²) in [6, 6.07) is 1.81. The number of nitrogens with zero attached hydrogens (tertiary/aromatic N) is 3.